The van der Waals surface area contributed by atoms with Gasteiger partial charge in [0, 0.05) is 221 Å². The summed E-state index contributed by atoms with van der Waals surface area (Å²) in [5.41, 5.74) is -3.05. The molecule has 0 spiro atoms. The van der Waals surface area contributed by atoms with Gasteiger partial charge in [-0.15, -0.1) is 0 Å². The molecule has 0 aromatic carbocycles. The summed E-state index contributed by atoms with van der Waals surface area (Å²) in [5.74, 6) is 0. The summed E-state index contributed by atoms with van der Waals surface area (Å²) in [6.45, 7) is 19.1. The van der Waals surface area contributed by atoms with Crippen LogP contribution in [0.1, 0.15) is 62.8 Å². The summed E-state index contributed by atoms with van der Waals surface area (Å²) in [6.07, 6.45) is -7.75. The molecule has 0 aliphatic carbocycles. The number of aliphatic hydroxyl groups excluding tert-OH is 3. The first-order valence-corrected chi connectivity index (χ1v) is 33.3. The number of hydrogen-bond donors (Lipinski definition) is 9. The van der Waals surface area contributed by atoms with E-state index < -0.39 is 79.9 Å². The molecule has 0 aromatic rings. The van der Waals surface area contributed by atoms with Crippen molar-refractivity contribution in [2.75, 3.05) is 72.5 Å². The Labute approximate surface area is 585 Å². The fraction of sp³-hybridized carbons (Fsp3) is 1.00. The van der Waals surface area contributed by atoms with Crippen LogP contribution in [0.5, 0.6) is 0 Å². The Balaban J connectivity index is -0.0000000463. The minimum atomic E-state index is -3.69. The van der Waals surface area contributed by atoms with Crippen molar-refractivity contribution in [3.63, 3.8) is 0 Å². The summed E-state index contributed by atoms with van der Waals surface area (Å²) in [5, 5.41) is 43.3. The fourth-order valence-corrected chi connectivity index (χ4v) is 4.14. The molecule has 2 heterocycles. The van der Waals surface area contributed by atoms with Crippen LogP contribution in [0.3, 0.4) is 0 Å². The molecule has 0 amide bonds. The molecular weight excluding hydrogens is 1280 g/mol. The van der Waals surface area contributed by atoms with Gasteiger partial charge in [-0.05, 0) is 132 Å². The zero-order valence-electron chi connectivity index (χ0n) is 37.6. The van der Waals surface area contributed by atoms with Gasteiger partial charge < -0.3 is 74.4 Å². The van der Waals surface area contributed by atoms with Gasteiger partial charge in [-0.2, -0.15) is 0 Å². The van der Waals surface area contributed by atoms with Gasteiger partial charge in [0.2, 0.25) is 0 Å². The molecule has 2 rings (SSSR count). The summed E-state index contributed by atoms with van der Waals surface area (Å²) >= 11 is 31.9. The molecule has 2 aliphatic heterocycles. The number of nitrogens with zero attached hydrogens (tertiary/aromatic N) is 2. The largest absolute Gasteiger partial charge is 0.412 e. The molecule has 420 valence electrons. The van der Waals surface area contributed by atoms with E-state index in [1.165, 1.54) is 53.1 Å². The van der Waals surface area contributed by atoms with Crippen LogP contribution >= 0.6 is 111 Å². The maximum atomic E-state index is 10.8. The second-order valence-corrected chi connectivity index (χ2v) is 32.0. The van der Waals surface area contributed by atoms with E-state index in [4.69, 9.17) is 49.8 Å². The number of halogens is 7. The molecule has 11 N–H and O–H groups in total. The maximum Gasteiger partial charge on any atom is 0.377 e. The molecule has 4 radical (unpaired) electrons. The quantitative estimate of drug-likeness (QED) is 0.0925. The summed E-state index contributed by atoms with van der Waals surface area (Å²) in [6, 6.07) is -1.98. The smallest absolute Gasteiger partial charge is 0.377 e. The normalized spacial score (nSPS) is 25.7. The zero-order chi connectivity index (χ0) is 49.9. The Morgan fingerprint density at radius 3 is 0.851 bits per heavy atom. The van der Waals surface area contributed by atoms with Crippen LogP contribution in [0.25, 0.3) is 0 Å². The maximum absolute atomic E-state index is 10.8. The first-order chi connectivity index (χ1) is 26.3. The van der Waals surface area contributed by atoms with E-state index in [2.05, 4.69) is 135 Å². The third kappa shape index (κ3) is 84.0. The first kappa shape index (κ1) is 108. The van der Waals surface area contributed by atoms with Gasteiger partial charge in [0.15, 0.2) is 0 Å². The van der Waals surface area contributed by atoms with Crippen LogP contribution in [0, 0.1) is 189 Å². The van der Waals surface area contributed by atoms with Crippen molar-refractivity contribution in [2.45, 2.75) is 110 Å². The van der Waals surface area contributed by atoms with Crippen molar-refractivity contribution in [3.8, 4) is 0 Å². The SMILES string of the molecule is C.CCN(CC)CC.CCN(CC)CC.CP(=O)(O)Cl.CP(=O)(O)Cl.O.O=P(Cl)(Cl)Cl.O=P(O)(Cl)Cl.[Ar].[Ar].[Ar].[Ar].[Ar].[B][C@@H]1O[C@H](CO)[C@@H](O)[C@@]1(C)O.[B][C@@H]1O[C@H](COP(C)(=O)O)[C@@H](O)[C@@]1(C)O. The van der Waals surface area contributed by atoms with Gasteiger partial charge in [-0.1, -0.05) is 49.0 Å². The van der Waals surface area contributed by atoms with E-state index in [0.29, 0.717) is 0 Å². The van der Waals surface area contributed by atoms with E-state index in [1.807, 2.05) is 0 Å². The Bertz CT molecular complexity index is 1220. The van der Waals surface area contributed by atoms with Crippen molar-refractivity contribution in [1.82, 2.24) is 9.80 Å². The van der Waals surface area contributed by atoms with Crippen molar-refractivity contribution in [2.24, 2.45) is 0 Å². The second-order valence-electron chi connectivity index (χ2n) is 12.4. The molecule has 2 saturated heterocycles. The number of aliphatic hydroxyl groups is 5. The molecule has 3 unspecified atom stereocenters. The van der Waals surface area contributed by atoms with E-state index in [-0.39, 0.29) is 215 Å². The zero-order valence-corrected chi connectivity index (χ0v) is 50.9. The number of hydrogen-bond acceptors (Lipinski definition) is 15. The van der Waals surface area contributed by atoms with Gasteiger partial charge in [0.1, 0.15) is 51.3 Å². The van der Waals surface area contributed by atoms with Gasteiger partial charge in [-0.3, -0.25) is 22.8 Å². The van der Waals surface area contributed by atoms with Crippen LogP contribution in [-0.4, -0.2) is 196 Å². The minimum absolute atomic E-state index is 0. The predicted molar refractivity (Wildman–Crippen MR) is 258 cm³/mol. The Hall–Kier alpha value is 9.01. The third-order valence-corrected chi connectivity index (χ3v) is 7.67. The monoisotopic (exact) mass is 1340 g/mol. The molecule has 11 atom stereocenters. The Morgan fingerprint density at radius 1 is 0.582 bits per heavy atom. The van der Waals surface area contributed by atoms with E-state index in [0.717, 1.165) is 20.0 Å². The second kappa shape index (κ2) is 55.5. The minimum Gasteiger partial charge on any atom is -0.412 e. The average molecular weight is 1350 g/mol. The van der Waals surface area contributed by atoms with Gasteiger partial charge in [0.25, 0.3) is 13.4 Å². The van der Waals surface area contributed by atoms with Crippen molar-refractivity contribution in [3.05, 3.63) is 0 Å². The molecule has 20 nitrogen and oxygen atoms in total. The molecule has 0 bridgehead atoms. The molecular formula is C28H70Ar5B2Cl7N2O18P5. The van der Waals surface area contributed by atoms with Gasteiger partial charge in [0.05, 0.1) is 13.2 Å². The summed E-state index contributed by atoms with van der Waals surface area (Å²) in [4.78, 5) is 36.9. The fourth-order valence-electron chi connectivity index (χ4n) is 3.72. The van der Waals surface area contributed by atoms with Crippen LogP contribution in [0.15, 0.2) is 0 Å². The van der Waals surface area contributed by atoms with Crippen LogP contribution in [0.4, 0.5) is 0 Å². The summed E-state index contributed by atoms with van der Waals surface area (Å²) < 4.78 is 63.2. The van der Waals surface area contributed by atoms with Crippen molar-refractivity contribution in [1.29, 1.82) is 0 Å². The molecule has 39 heteroatoms. The average Bonchev–Trinajstić information content (AvgIpc) is 3.35. The standard InChI is InChI=1S/C7H14BO6P.C6H11BO4.2C6H15N.2CH4ClO2P.CH4.5Ar.Cl3OP.Cl2HO2P.H2O/c1-7(10)5(9)4(14-6(7)8)3-13-15(2,11)12;1-6(10)4(9)3(2-8)11-5(6)7;2*1-4-7(5-2)6-3;2*1-5(2,3)4;;;;;;;2*1-5(2,3)4;/h4-6,9-10H,3H2,1-2H3,(H,11,12);3-5,8-10H,2H2,1H3;2*4-6H2,1-3H3;2*1H3,(H,3,4);1H4;;;;;;;(H,3,4);1H2/t4-,5-,6-,7-;3-,4-,5-,6-;;;;;;;;;;;;;/m11............./s1. The molecule has 0 saturated carbocycles. The molecule has 2 aliphatic rings. The number of ether oxygens (including phenoxy) is 2. The first-order valence-electron chi connectivity index (χ1n) is 17.4. The molecule has 67 heavy (non-hydrogen) atoms. The van der Waals surface area contributed by atoms with Crippen LogP contribution in [-0.2, 0) is 36.8 Å². The summed E-state index contributed by atoms with van der Waals surface area (Å²) in [7, 11) is 7.12. The number of rotatable bonds is 10. The van der Waals surface area contributed by atoms with Crippen LogP contribution in [0.2, 0.25) is 0 Å². The Morgan fingerprint density at radius 2 is 0.761 bits per heavy atom. The predicted octanol–water partition coefficient (Wildman–Crippen LogP) is 5.77. The van der Waals surface area contributed by atoms with E-state index in [1.54, 1.807) is 0 Å². The molecule has 2 fully saturated rings. The Kier molecular flexibility index (Phi) is 89.3. The molecule has 0 aromatic heterocycles. The van der Waals surface area contributed by atoms with Crippen LogP contribution < -0.4 is 0 Å². The van der Waals surface area contributed by atoms with Crippen molar-refractivity contribution < 1.29 is 276 Å². The van der Waals surface area contributed by atoms with Crippen molar-refractivity contribution >= 4 is 127 Å². The van der Waals surface area contributed by atoms with E-state index in [9.17, 15) is 43.3 Å². The third-order valence-electron chi connectivity index (χ3n) is 7.04. The van der Waals surface area contributed by atoms with Gasteiger partial charge in [-0.25, -0.2) is 0 Å². The van der Waals surface area contributed by atoms with Gasteiger partial charge >= 0.3 is 18.9 Å². The topological polar surface area (TPSA) is 333 Å². The van der Waals surface area contributed by atoms with E-state index >= 15 is 0 Å².